The van der Waals surface area contributed by atoms with Crippen molar-refractivity contribution in [2.75, 3.05) is 13.2 Å². The molecule has 5 heteroatoms. The summed E-state index contributed by atoms with van der Waals surface area (Å²) in [5.41, 5.74) is 0.378. The maximum atomic E-state index is 13.7. The highest BCUT2D eigenvalue weighted by Gasteiger charge is 2.42. The summed E-state index contributed by atoms with van der Waals surface area (Å²) >= 11 is 0. The fourth-order valence-corrected chi connectivity index (χ4v) is 3.08. The number of rotatable bonds is 3. The summed E-state index contributed by atoms with van der Waals surface area (Å²) in [5, 5.41) is 10.9. The lowest BCUT2D eigenvalue weighted by Crippen LogP contribution is -2.40. The minimum Gasteiger partial charge on any atom is -0.386 e. The van der Waals surface area contributed by atoms with Crippen molar-refractivity contribution in [3.8, 4) is 0 Å². The van der Waals surface area contributed by atoms with Crippen molar-refractivity contribution < 1.29 is 18.6 Å². The molecule has 1 aromatic carbocycles. The minimum absolute atomic E-state index is 0.461. The Morgan fingerprint density at radius 1 is 1.09 bits per heavy atom. The van der Waals surface area contributed by atoms with Crippen LogP contribution in [0.15, 0.2) is 42.6 Å². The van der Waals surface area contributed by atoms with Gasteiger partial charge in [0.05, 0.1) is 5.69 Å². The molecular formula is C17H17F2NO2. The number of nitrogens with zero attached hydrogens (tertiary/aromatic N) is 1. The maximum absolute atomic E-state index is 13.7. The van der Waals surface area contributed by atoms with Crippen molar-refractivity contribution in [1.29, 1.82) is 0 Å². The van der Waals surface area contributed by atoms with Crippen molar-refractivity contribution in [3.63, 3.8) is 0 Å². The Kier molecular flexibility index (Phi) is 4.18. The SMILES string of the molecule is O[C@@H](c1ccccn1)C1(c2ccc(F)c(F)c2)CCOCC1. The number of aromatic nitrogens is 1. The molecular weight excluding hydrogens is 288 g/mol. The summed E-state index contributed by atoms with van der Waals surface area (Å²) in [4.78, 5) is 4.21. The molecule has 1 aliphatic rings. The van der Waals surface area contributed by atoms with E-state index in [4.69, 9.17) is 4.74 Å². The average Bonchev–Trinajstić information content (AvgIpc) is 2.58. The predicted octanol–water partition coefficient (Wildman–Crippen LogP) is 3.14. The first kappa shape index (κ1) is 15.1. The summed E-state index contributed by atoms with van der Waals surface area (Å²) in [6.45, 7) is 0.922. The van der Waals surface area contributed by atoms with E-state index in [-0.39, 0.29) is 0 Å². The minimum atomic E-state index is -0.906. The van der Waals surface area contributed by atoms with Crippen LogP contribution in [0, 0.1) is 11.6 Å². The Morgan fingerprint density at radius 2 is 1.86 bits per heavy atom. The van der Waals surface area contributed by atoms with Gasteiger partial charge in [-0.15, -0.1) is 0 Å². The summed E-state index contributed by atoms with van der Waals surface area (Å²) in [6, 6.07) is 9.12. The van der Waals surface area contributed by atoms with Gasteiger partial charge in [-0.3, -0.25) is 4.98 Å². The van der Waals surface area contributed by atoms with E-state index in [1.807, 2.05) is 0 Å². The lowest BCUT2D eigenvalue weighted by molar-refractivity contribution is -0.0188. The van der Waals surface area contributed by atoms with E-state index < -0.39 is 23.2 Å². The van der Waals surface area contributed by atoms with Gasteiger partial charge in [-0.25, -0.2) is 8.78 Å². The van der Waals surface area contributed by atoms with E-state index in [0.717, 1.165) is 6.07 Å². The first-order valence-electron chi connectivity index (χ1n) is 7.26. The highest BCUT2D eigenvalue weighted by molar-refractivity contribution is 5.31. The van der Waals surface area contributed by atoms with Crippen LogP contribution in [0.3, 0.4) is 0 Å². The van der Waals surface area contributed by atoms with Crippen LogP contribution >= 0.6 is 0 Å². The number of aliphatic hydroxyl groups is 1. The zero-order valence-electron chi connectivity index (χ0n) is 12.0. The predicted molar refractivity (Wildman–Crippen MR) is 77.3 cm³/mol. The molecule has 0 radical (unpaired) electrons. The van der Waals surface area contributed by atoms with Crippen LogP contribution in [0.2, 0.25) is 0 Å². The molecule has 1 aliphatic heterocycles. The molecule has 3 nitrogen and oxygen atoms in total. The Morgan fingerprint density at radius 3 is 2.50 bits per heavy atom. The molecule has 0 spiro atoms. The van der Waals surface area contributed by atoms with Gasteiger partial charge in [-0.2, -0.15) is 0 Å². The number of aliphatic hydroxyl groups excluding tert-OH is 1. The average molecular weight is 305 g/mol. The quantitative estimate of drug-likeness (QED) is 0.947. The van der Waals surface area contributed by atoms with Gasteiger partial charge in [0.25, 0.3) is 0 Å². The molecule has 22 heavy (non-hydrogen) atoms. The third kappa shape index (κ3) is 2.62. The molecule has 2 heterocycles. The van der Waals surface area contributed by atoms with Gasteiger partial charge in [0.2, 0.25) is 0 Å². The topological polar surface area (TPSA) is 42.4 Å². The molecule has 2 aromatic rings. The molecule has 1 saturated heterocycles. The van der Waals surface area contributed by atoms with Crippen molar-refractivity contribution in [2.45, 2.75) is 24.4 Å². The van der Waals surface area contributed by atoms with E-state index in [1.54, 1.807) is 24.4 Å². The van der Waals surface area contributed by atoms with Gasteiger partial charge >= 0.3 is 0 Å². The van der Waals surface area contributed by atoms with Crippen LogP contribution in [0.1, 0.15) is 30.2 Å². The Labute approximate surface area is 127 Å². The van der Waals surface area contributed by atoms with E-state index in [1.165, 1.54) is 12.1 Å². The van der Waals surface area contributed by atoms with Gasteiger partial charge in [0, 0.05) is 24.8 Å². The second-order valence-corrected chi connectivity index (χ2v) is 5.55. The number of pyridine rings is 1. The molecule has 0 unspecified atom stereocenters. The molecule has 0 amide bonds. The first-order valence-corrected chi connectivity index (χ1v) is 7.26. The molecule has 1 N–H and O–H groups in total. The number of hydrogen-bond acceptors (Lipinski definition) is 3. The first-order chi connectivity index (χ1) is 10.6. The monoisotopic (exact) mass is 305 g/mol. The molecule has 3 rings (SSSR count). The van der Waals surface area contributed by atoms with Gasteiger partial charge in [-0.1, -0.05) is 12.1 Å². The molecule has 1 aromatic heterocycles. The maximum Gasteiger partial charge on any atom is 0.159 e. The Balaban J connectivity index is 2.06. The van der Waals surface area contributed by atoms with Gasteiger partial charge in [0.15, 0.2) is 11.6 Å². The van der Waals surface area contributed by atoms with Crippen molar-refractivity contribution >= 4 is 0 Å². The third-order valence-electron chi connectivity index (χ3n) is 4.37. The van der Waals surface area contributed by atoms with Crippen LogP contribution in [0.5, 0.6) is 0 Å². The second-order valence-electron chi connectivity index (χ2n) is 5.55. The van der Waals surface area contributed by atoms with E-state index in [2.05, 4.69) is 4.98 Å². The molecule has 116 valence electrons. The van der Waals surface area contributed by atoms with Crippen molar-refractivity contribution in [3.05, 3.63) is 65.5 Å². The summed E-state index contributed by atoms with van der Waals surface area (Å²) in [6.07, 6.45) is 1.75. The zero-order valence-corrected chi connectivity index (χ0v) is 12.0. The van der Waals surface area contributed by atoms with Crippen LogP contribution in [0.25, 0.3) is 0 Å². The van der Waals surface area contributed by atoms with Crippen LogP contribution in [0.4, 0.5) is 8.78 Å². The number of halogens is 2. The Hall–Kier alpha value is -1.85. The van der Waals surface area contributed by atoms with Crippen molar-refractivity contribution in [2.24, 2.45) is 0 Å². The van der Waals surface area contributed by atoms with Gasteiger partial charge in [-0.05, 0) is 42.7 Å². The van der Waals surface area contributed by atoms with Gasteiger partial charge < -0.3 is 9.84 Å². The highest BCUT2D eigenvalue weighted by Crippen LogP contribution is 2.44. The van der Waals surface area contributed by atoms with E-state index >= 15 is 0 Å². The lowest BCUT2D eigenvalue weighted by Gasteiger charge is -2.41. The normalized spacial score (nSPS) is 18.9. The Bertz CT molecular complexity index is 642. The lowest BCUT2D eigenvalue weighted by atomic mass is 9.69. The largest absolute Gasteiger partial charge is 0.386 e. The van der Waals surface area contributed by atoms with Crippen LogP contribution in [-0.4, -0.2) is 23.3 Å². The van der Waals surface area contributed by atoms with Crippen molar-refractivity contribution in [1.82, 2.24) is 4.98 Å². The smallest absolute Gasteiger partial charge is 0.159 e. The molecule has 0 aliphatic carbocycles. The van der Waals surface area contributed by atoms with Crippen LogP contribution < -0.4 is 0 Å². The fraction of sp³-hybridized carbons (Fsp3) is 0.353. The molecule has 0 bridgehead atoms. The molecule has 1 fully saturated rings. The van der Waals surface area contributed by atoms with Gasteiger partial charge in [0.1, 0.15) is 6.10 Å². The molecule has 1 atom stereocenters. The van der Waals surface area contributed by atoms with Crippen LogP contribution in [-0.2, 0) is 10.2 Å². The third-order valence-corrected chi connectivity index (χ3v) is 4.37. The standard InChI is InChI=1S/C17H17F2NO2/c18-13-5-4-12(11-14(13)19)17(6-9-22-10-7-17)16(21)15-3-1-2-8-20-15/h1-5,8,11,16,21H,6-7,9-10H2/t16-/m0/s1. The van der Waals surface area contributed by atoms with E-state index in [0.29, 0.717) is 37.3 Å². The number of ether oxygens (including phenoxy) is 1. The zero-order chi connectivity index (χ0) is 15.6. The number of benzene rings is 1. The number of hydrogen-bond donors (Lipinski definition) is 1. The molecule has 0 saturated carbocycles. The highest BCUT2D eigenvalue weighted by atomic mass is 19.2. The second kappa shape index (κ2) is 6.10. The summed E-state index contributed by atoms with van der Waals surface area (Å²) < 4.78 is 32.3. The summed E-state index contributed by atoms with van der Waals surface area (Å²) in [5.74, 6) is -1.80. The fourth-order valence-electron chi connectivity index (χ4n) is 3.08. The summed E-state index contributed by atoms with van der Waals surface area (Å²) in [7, 11) is 0. The van der Waals surface area contributed by atoms with E-state index in [9.17, 15) is 13.9 Å².